The minimum atomic E-state index is 0.132. The lowest BCUT2D eigenvalue weighted by Gasteiger charge is -2.55. The number of carbonyl (C=O) groups excluding carboxylic acids is 1. The van der Waals surface area contributed by atoms with Crippen LogP contribution >= 0.6 is 0 Å². The summed E-state index contributed by atoms with van der Waals surface area (Å²) < 4.78 is 5.40. The monoisotopic (exact) mass is 316 g/mol. The van der Waals surface area contributed by atoms with Gasteiger partial charge in [0.05, 0.1) is 13.5 Å². The van der Waals surface area contributed by atoms with Crippen molar-refractivity contribution in [3.8, 4) is 5.75 Å². The molecule has 2 saturated heterocycles. The minimum Gasteiger partial charge on any atom is -0.496 e. The number of para-hydroxylation sites is 1. The average molecular weight is 316 g/mol. The zero-order chi connectivity index (χ0) is 16.4. The van der Waals surface area contributed by atoms with E-state index < -0.39 is 0 Å². The molecular formula is C19H28N2O2. The maximum Gasteiger partial charge on any atom is 0.227 e. The second-order valence-corrected chi connectivity index (χ2v) is 7.12. The number of methoxy groups -OCH3 is 1. The molecule has 0 aromatic heterocycles. The van der Waals surface area contributed by atoms with Crippen LogP contribution in [-0.4, -0.2) is 54.5 Å². The van der Waals surface area contributed by atoms with Gasteiger partial charge in [-0.1, -0.05) is 18.2 Å². The number of hydrogen-bond acceptors (Lipinski definition) is 3. The van der Waals surface area contributed by atoms with Crippen LogP contribution in [0.3, 0.4) is 0 Å². The molecule has 4 heteroatoms. The predicted octanol–water partition coefficient (Wildman–Crippen LogP) is 2.71. The lowest BCUT2D eigenvalue weighted by Crippen LogP contribution is -2.66. The molecule has 126 valence electrons. The number of hydrogen-bond donors (Lipinski definition) is 0. The van der Waals surface area contributed by atoms with Gasteiger partial charge in [-0.3, -0.25) is 9.69 Å². The third-order valence-electron chi connectivity index (χ3n) is 5.87. The zero-order valence-electron chi connectivity index (χ0n) is 14.5. The number of likely N-dealkylation sites (N-methyl/N-ethyl adjacent to an activating group) is 1. The number of ether oxygens (including phenoxy) is 1. The van der Waals surface area contributed by atoms with Gasteiger partial charge >= 0.3 is 0 Å². The van der Waals surface area contributed by atoms with Crippen LogP contribution < -0.4 is 4.74 Å². The largest absolute Gasteiger partial charge is 0.496 e. The zero-order valence-corrected chi connectivity index (χ0v) is 14.5. The van der Waals surface area contributed by atoms with Gasteiger partial charge in [-0.05, 0) is 52.3 Å². The first-order valence-electron chi connectivity index (χ1n) is 8.69. The van der Waals surface area contributed by atoms with Crippen molar-refractivity contribution in [1.29, 1.82) is 0 Å². The molecule has 0 spiro atoms. The summed E-state index contributed by atoms with van der Waals surface area (Å²) >= 11 is 0. The van der Waals surface area contributed by atoms with E-state index in [0.29, 0.717) is 12.5 Å². The first-order valence-corrected chi connectivity index (χ1v) is 8.69. The molecule has 0 aliphatic carbocycles. The van der Waals surface area contributed by atoms with Gasteiger partial charge in [0, 0.05) is 23.7 Å². The molecule has 0 radical (unpaired) electrons. The van der Waals surface area contributed by atoms with Crippen molar-refractivity contribution < 1.29 is 9.53 Å². The molecule has 0 bridgehead atoms. The van der Waals surface area contributed by atoms with Gasteiger partial charge in [-0.25, -0.2) is 0 Å². The molecule has 1 amide bonds. The van der Waals surface area contributed by atoms with E-state index in [4.69, 9.17) is 4.74 Å². The maximum absolute atomic E-state index is 13.0. The van der Waals surface area contributed by atoms with Gasteiger partial charge in [0.15, 0.2) is 0 Å². The van der Waals surface area contributed by atoms with E-state index in [1.165, 1.54) is 12.8 Å². The Morgan fingerprint density at radius 2 is 2.09 bits per heavy atom. The molecule has 2 heterocycles. The van der Waals surface area contributed by atoms with Gasteiger partial charge in [0.1, 0.15) is 5.75 Å². The number of likely N-dealkylation sites (tertiary alicyclic amines) is 2. The fourth-order valence-corrected chi connectivity index (χ4v) is 4.37. The third-order valence-corrected chi connectivity index (χ3v) is 5.87. The Balaban J connectivity index is 1.79. The summed E-state index contributed by atoms with van der Waals surface area (Å²) in [6.07, 6.45) is 5.01. The summed E-state index contributed by atoms with van der Waals surface area (Å²) in [6.45, 7) is 4.36. The van der Waals surface area contributed by atoms with Gasteiger partial charge in [-0.15, -0.1) is 0 Å². The number of rotatable bonds is 3. The van der Waals surface area contributed by atoms with Crippen LogP contribution in [0.4, 0.5) is 0 Å². The van der Waals surface area contributed by atoms with Crippen molar-refractivity contribution in [2.75, 3.05) is 27.2 Å². The highest BCUT2D eigenvalue weighted by molar-refractivity contribution is 5.80. The summed E-state index contributed by atoms with van der Waals surface area (Å²) in [5.41, 5.74) is 1.11. The summed E-state index contributed by atoms with van der Waals surface area (Å²) in [7, 11) is 3.87. The van der Waals surface area contributed by atoms with E-state index in [1.54, 1.807) is 7.11 Å². The number of amides is 1. The highest BCUT2D eigenvalue weighted by Crippen LogP contribution is 2.38. The minimum absolute atomic E-state index is 0.132. The number of nitrogens with zero attached hydrogens (tertiary/aromatic N) is 2. The Labute approximate surface area is 139 Å². The molecule has 1 aromatic carbocycles. The first kappa shape index (κ1) is 16.3. The van der Waals surface area contributed by atoms with Crippen molar-refractivity contribution in [2.45, 2.75) is 50.6 Å². The number of piperidine rings is 2. The normalized spacial score (nSPS) is 28.3. The topological polar surface area (TPSA) is 32.8 Å². The summed E-state index contributed by atoms with van der Waals surface area (Å²) in [5, 5.41) is 0. The summed E-state index contributed by atoms with van der Waals surface area (Å²) in [4.78, 5) is 17.6. The second-order valence-electron chi connectivity index (χ2n) is 7.12. The van der Waals surface area contributed by atoms with Crippen LogP contribution in [-0.2, 0) is 11.2 Å². The van der Waals surface area contributed by atoms with Crippen LogP contribution in [0.25, 0.3) is 0 Å². The number of carbonyl (C=O) groups is 1. The van der Waals surface area contributed by atoms with Crippen LogP contribution in [0.2, 0.25) is 0 Å². The quantitative estimate of drug-likeness (QED) is 0.859. The molecule has 2 aliphatic rings. The molecule has 3 rings (SSSR count). The van der Waals surface area contributed by atoms with Crippen molar-refractivity contribution >= 4 is 5.91 Å². The lowest BCUT2D eigenvalue weighted by molar-refractivity contribution is -0.142. The van der Waals surface area contributed by atoms with E-state index >= 15 is 0 Å². The first-order chi connectivity index (χ1) is 11.1. The van der Waals surface area contributed by atoms with Gasteiger partial charge in [-0.2, -0.15) is 0 Å². The molecule has 2 aliphatic heterocycles. The van der Waals surface area contributed by atoms with Crippen molar-refractivity contribution in [3.63, 3.8) is 0 Å². The van der Waals surface area contributed by atoms with Crippen LogP contribution in [0.5, 0.6) is 5.75 Å². The summed E-state index contributed by atoms with van der Waals surface area (Å²) in [6, 6.07) is 8.18. The second kappa shape index (κ2) is 6.52. The molecule has 23 heavy (non-hydrogen) atoms. The van der Waals surface area contributed by atoms with Crippen LogP contribution in [0.15, 0.2) is 24.3 Å². The third kappa shape index (κ3) is 2.97. The highest BCUT2D eigenvalue weighted by Gasteiger charge is 2.46. The van der Waals surface area contributed by atoms with Crippen molar-refractivity contribution in [2.24, 2.45) is 0 Å². The summed E-state index contributed by atoms with van der Waals surface area (Å²) in [5.74, 6) is 1.04. The molecule has 0 N–H and O–H groups in total. The van der Waals surface area contributed by atoms with Gasteiger partial charge < -0.3 is 9.64 Å². The molecule has 1 aromatic rings. The maximum atomic E-state index is 13.0. The van der Waals surface area contributed by atoms with E-state index in [0.717, 1.165) is 37.2 Å². The molecule has 2 atom stereocenters. The predicted molar refractivity (Wildman–Crippen MR) is 91.7 cm³/mol. The van der Waals surface area contributed by atoms with Crippen molar-refractivity contribution in [1.82, 2.24) is 9.80 Å². The average Bonchev–Trinajstić information content (AvgIpc) is 2.56. The fourth-order valence-electron chi connectivity index (χ4n) is 4.37. The van der Waals surface area contributed by atoms with E-state index in [1.807, 2.05) is 24.3 Å². The Kier molecular flexibility index (Phi) is 4.62. The number of benzene rings is 1. The van der Waals surface area contributed by atoms with E-state index in [2.05, 4.69) is 23.8 Å². The Morgan fingerprint density at radius 3 is 2.87 bits per heavy atom. The van der Waals surface area contributed by atoms with Crippen LogP contribution in [0, 0.1) is 0 Å². The van der Waals surface area contributed by atoms with Gasteiger partial charge in [0.2, 0.25) is 5.91 Å². The molecule has 2 fully saturated rings. The Bertz CT molecular complexity index is 574. The van der Waals surface area contributed by atoms with E-state index in [9.17, 15) is 4.79 Å². The van der Waals surface area contributed by atoms with Gasteiger partial charge in [0.25, 0.3) is 0 Å². The molecular weight excluding hydrogens is 288 g/mol. The standard InChI is InChI=1S/C19H28N2O2/c1-19-11-7-13-21(17(19)10-6-12-20(19)2)18(22)14-15-8-4-5-9-16(15)23-3/h4-5,8-9,17H,6-7,10-14H2,1-3H3/t17-,19-/m0/s1. The number of fused-ring (bicyclic) bond motifs is 1. The molecule has 0 saturated carbocycles. The Morgan fingerprint density at radius 1 is 1.30 bits per heavy atom. The van der Waals surface area contributed by atoms with E-state index in [-0.39, 0.29) is 11.4 Å². The lowest BCUT2D eigenvalue weighted by atomic mass is 9.76. The SMILES string of the molecule is COc1ccccc1CC(=O)N1CCC[C@@]2(C)[C@@H]1CCCN2C. The highest BCUT2D eigenvalue weighted by atomic mass is 16.5. The van der Waals surface area contributed by atoms with Crippen molar-refractivity contribution in [3.05, 3.63) is 29.8 Å². The van der Waals surface area contributed by atoms with Crippen LogP contribution in [0.1, 0.15) is 38.2 Å². The fraction of sp³-hybridized carbons (Fsp3) is 0.632. The molecule has 0 unspecified atom stereocenters. The Hall–Kier alpha value is -1.55. The molecule has 4 nitrogen and oxygen atoms in total. The smallest absolute Gasteiger partial charge is 0.227 e.